The number of ether oxygens (including phenoxy) is 1. The SMILES string of the molecule is Cc1nn(C)c(C)c1CNC1CCCC1C1COCCN1. The molecule has 0 aromatic carbocycles. The molecule has 118 valence electrons. The van der Waals surface area contributed by atoms with Crippen molar-refractivity contribution in [2.75, 3.05) is 19.8 Å². The summed E-state index contributed by atoms with van der Waals surface area (Å²) in [6, 6.07) is 1.12. The maximum absolute atomic E-state index is 5.64. The van der Waals surface area contributed by atoms with Crippen LogP contribution >= 0.6 is 0 Å². The van der Waals surface area contributed by atoms with Crippen molar-refractivity contribution in [2.45, 2.75) is 51.7 Å². The normalized spacial score (nSPS) is 30.0. The molecule has 0 radical (unpaired) electrons. The molecule has 3 atom stereocenters. The highest BCUT2D eigenvalue weighted by atomic mass is 16.5. The first-order chi connectivity index (χ1) is 10.2. The highest BCUT2D eigenvalue weighted by molar-refractivity contribution is 5.24. The van der Waals surface area contributed by atoms with E-state index >= 15 is 0 Å². The van der Waals surface area contributed by atoms with Crippen LogP contribution < -0.4 is 10.6 Å². The van der Waals surface area contributed by atoms with Gasteiger partial charge in [-0.2, -0.15) is 5.10 Å². The molecule has 2 N–H and O–H groups in total. The Kier molecular flexibility index (Phi) is 4.62. The van der Waals surface area contributed by atoms with Gasteiger partial charge in [0.2, 0.25) is 0 Å². The Labute approximate surface area is 127 Å². The van der Waals surface area contributed by atoms with Crippen molar-refractivity contribution >= 4 is 0 Å². The zero-order valence-corrected chi connectivity index (χ0v) is 13.5. The molecule has 1 aliphatic heterocycles. The molecular weight excluding hydrogens is 264 g/mol. The first kappa shape index (κ1) is 15.0. The lowest BCUT2D eigenvalue weighted by Gasteiger charge is -2.33. The van der Waals surface area contributed by atoms with Crippen molar-refractivity contribution in [3.05, 3.63) is 17.0 Å². The van der Waals surface area contributed by atoms with Gasteiger partial charge in [-0.3, -0.25) is 4.68 Å². The third-order valence-corrected chi connectivity index (χ3v) is 5.24. The molecule has 1 saturated heterocycles. The molecule has 0 bridgehead atoms. The maximum Gasteiger partial charge on any atom is 0.0641 e. The number of hydrogen-bond donors (Lipinski definition) is 2. The van der Waals surface area contributed by atoms with Crippen LogP contribution in [-0.2, 0) is 18.3 Å². The Hall–Kier alpha value is -0.910. The van der Waals surface area contributed by atoms with E-state index < -0.39 is 0 Å². The van der Waals surface area contributed by atoms with Crippen molar-refractivity contribution in [3.8, 4) is 0 Å². The van der Waals surface area contributed by atoms with Crippen molar-refractivity contribution in [2.24, 2.45) is 13.0 Å². The van der Waals surface area contributed by atoms with Crippen LogP contribution in [0.3, 0.4) is 0 Å². The van der Waals surface area contributed by atoms with Crippen LogP contribution in [0.2, 0.25) is 0 Å². The van der Waals surface area contributed by atoms with E-state index in [0.717, 1.165) is 32.0 Å². The largest absolute Gasteiger partial charge is 0.379 e. The monoisotopic (exact) mass is 292 g/mol. The molecule has 3 unspecified atom stereocenters. The number of hydrogen-bond acceptors (Lipinski definition) is 4. The van der Waals surface area contributed by atoms with E-state index in [4.69, 9.17) is 4.74 Å². The Morgan fingerprint density at radius 1 is 1.38 bits per heavy atom. The molecule has 1 aliphatic carbocycles. The second-order valence-corrected chi connectivity index (χ2v) is 6.49. The Morgan fingerprint density at radius 3 is 2.90 bits per heavy atom. The summed E-state index contributed by atoms with van der Waals surface area (Å²) in [5.74, 6) is 0.697. The summed E-state index contributed by atoms with van der Waals surface area (Å²) in [4.78, 5) is 0. The number of aryl methyl sites for hydroxylation is 2. The molecule has 0 amide bonds. The summed E-state index contributed by atoms with van der Waals surface area (Å²) < 4.78 is 7.62. The van der Waals surface area contributed by atoms with Crippen LogP contribution in [0.15, 0.2) is 0 Å². The number of rotatable bonds is 4. The minimum atomic E-state index is 0.523. The third-order valence-electron chi connectivity index (χ3n) is 5.24. The zero-order valence-electron chi connectivity index (χ0n) is 13.5. The minimum absolute atomic E-state index is 0.523. The van der Waals surface area contributed by atoms with Crippen molar-refractivity contribution in [1.29, 1.82) is 0 Å². The number of nitrogens with one attached hydrogen (secondary N) is 2. The summed E-state index contributed by atoms with van der Waals surface area (Å²) in [6.07, 6.45) is 3.91. The molecule has 2 aliphatic rings. The van der Waals surface area contributed by atoms with E-state index in [1.807, 2.05) is 11.7 Å². The lowest BCUT2D eigenvalue weighted by Crippen LogP contribution is -2.50. The smallest absolute Gasteiger partial charge is 0.0641 e. The predicted molar refractivity (Wildman–Crippen MR) is 83.3 cm³/mol. The van der Waals surface area contributed by atoms with Gasteiger partial charge in [0, 0.05) is 43.5 Å². The second-order valence-electron chi connectivity index (χ2n) is 6.49. The molecule has 5 nitrogen and oxygen atoms in total. The summed E-state index contributed by atoms with van der Waals surface area (Å²) in [7, 11) is 2.02. The lowest BCUT2D eigenvalue weighted by atomic mass is 9.94. The van der Waals surface area contributed by atoms with Gasteiger partial charge in [0.25, 0.3) is 0 Å². The van der Waals surface area contributed by atoms with E-state index in [1.54, 1.807) is 0 Å². The minimum Gasteiger partial charge on any atom is -0.379 e. The fourth-order valence-electron chi connectivity index (χ4n) is 3.89. The fraction of sp³-hybridized carbons (Fsp3) is 0.812. The second kappa shape index (κ2) is 6.46. The topological polar surface area (TPSA) is 51.1 Å². The number of aromatic nitrogens is 2. The van der Waals surface area contributed by atoms with Crippen LogP contribution in [0.1, 0.15) is 36.2 Å². The molecule has 1 aromatic heterocycles. The van der Waals surface area contributed by atoms with E-state index in [-0.39, 0.29) is 0 Å². The first-order valence-electron chi connectivity index (χ1n) is 8.20. The van der Waals surface area contributed by atoms with Crippen LogP contribution in [0.5, 0.6) is 0 Å². The molecule has 5 heteroatoms. The van der Waals surface area contributed by atoms with Gasteiger partial charge in [-0.05, 0) is 32.6 Å². The van der Waals surface area contributed by atoms with Gasteiger partial charge in [-0.15, -0.1) is 0 Å². The third kappa shape index (κ3) is 3.15. The zero-order chi connectivity index (χ0) is 14.8. The average molecular weight is 292 g/mol. The summed E-state index contributed by atoms with van der Waals surface area (Å²) in [6.45, 7) is 7.91. The predicted octanol–water partition coefficient (Wildman–Crippen LogP) is 1.28. The Bertz CT molecular complexity index is 479. The van der Waals surface area contributed by atoms with Crippen molar-refractivity contribution < 1.29 is 4.74 Å². The lowest BCUT2D eigenvalue weighted by molar-refractivity contribution is 0.0524. The molecule has 0 spiro atoms. The highest BCUT2D eigenvalue weighted by Crippen LogP contribution is 2.30. The molecular formula is C16H28N4O. The van der Waals surface area contributed by atoms with Gasteiger partial charge in [0.1, 0.15) is 0 Å². The average Bonchev–Trinajstić information content (AvgIpc) is 3.04. The maximum atomic E-state index is 5.64. The first-order valence-corrected chi connectivity index (χ1v) is 8.20. The fourth-order valence-corrected chi connectivity index (χ4v) is 3.89. The molecule has 2 fully saturated rings. The molecule has 2 heterocycles. The molecule has 1 aromatic rings. The number of nitrogens with zero attached hydrogens (tertiary/aromatic N) is 2. The van der Waals surface area contributed by atoms with E-state index in [1.165, 1.54) is 30.5 Å². The molecule has 21 heavy (non-hydrogen) atoms. The van der Waals surface area contributed by atoms with Gasteiger partial charge < -0.3 is 15.4 Å². The van der Waals surface area contributed by atoms with Crippen LogP contribution in [-0.4, -0.2) is 41.6 Å². The van der Waals surface area contributed by atoms with E-state index in [9.17, 15) is 0 Å². The highest BCUT2D eigenvalue weighted by Gasteiger charge is 2.34. The van der Waals surface area contributed by atoms with Gasteiger partial charge in [-0.25, -0.2) is 0 Å². The van der Waals surface area contributed by atoms with Gasteiger partial charge in [0.05, 0.1) is 18.9 Å². The van der Waals surface area contributed by atoms with Gasteiger partial charge in [-0.1, -0.05) is 6.42 Å². The quantitative estimate of drug-likeness (QED) is 0.878. The van der Waals surface area contributed by atoms with Crippen LogP contribution in [0.4, 0.5) is 0 Å². The summed E-state index contributed by atoms with van der Waals surface area (Å²) >= 11 is 0. The standard InChI is InChI=1S/C16H28N4O/c1-11-14(12(2)20(3)19-11)9-18-15-6-4-5-13(15)16-10-21-8-7-17-16/h13,15-18H,4-10H2,1-3H3. The van der Waals surface area contributed by atoms with E-state index in [0.29, 0.717) is 18.0 Å². The molecule has 1 saturated carbocycles. The van der Waals surface area contributed by atoms with Crippen molar-refractivity contribution in [1.82, 2.24) is 20.4 Å². The Balaban J connectivity index is 1.61. The van der Waals surface area contributed by atoms with E-state index in [2.05, 4.69) is 29.6 Å². The van der Waals surface area contributed by atoms with Gasteiger partial charge in [0.15, 0.2) is 0 Å². The molecule has 3 rings (SSSR count). The van der Waals surface area contributed by atoms with Crippen molar-refractivity contribution in [3.63, 3.8) is 0 Å². The summed E-state index contributed by atoms with van der Waals surface area (Å²) in [5.41, 5.74) is 3.78. The Morgan fingerprint density at radius 2 is 2.24 bits per heavy atom. The van der Waals surface area contributed by atoms with Crippen LogP contribution in [0.25, 0.3) is 0 Å². The summed E-state index contributed by atoms with van der Waals surface area (Å²) in [5, 5.41) is 11.9. The number of morpholine rings is 1. The van der Waals surface area contributed by atoms with Gasteiger partial charge >= 0.3 is 0 Å². The van der Waals surface area contributed by atoms with Crippen LogP contribution in [0, 0.1) is 19.8 Å².